The van der Waals surface area contributed by atoms with Gasteiger partial charge in [-0.05, 0) is 42.5 Å². The SMILES string of the molecule is COc1cc2c(cc1F)C[C@@H](C(=O)O)CC2. The molecule has 1 aromatic carbocycles. The number of aliphatic carboxylic acids is 1. The Hall–Kier alpha value is -1.58. The van der Waals surface area contributed by atoms with E-state index in [1.807, 2.05) is 0 Å². The Morgan fingerprint density at radius 2 is 2.25 bits per heavy atom. The van der Waals surface area contributed by atoms with E-state index in [9.17, 15) is 9.18 Å². The second-order valence-corrected chi connectivity index (χ2v) is 4.03. The Balaban J connectivity index is 2.33. The average Bonchev–Trinajstić information content (AvgIpc) is 2.27. The zero-order chi connectivity index (χ0) is 11.7. The van der Waals surface area contributed by atoms with Gasteiger partial charge in [-0.15, -0.1) is 0 Å². The molecule has 0 saturated heterocycles. The number of benzene rings is 1. The van der Waals surface area contributed by atoms with Gasteiger partial charge in [-0.25, -0.2) is 4.39 Å². The van der Waals surface area contributed by atoms with Gasteiger partial charge in [0, 0.05) is 0 Å². The number of rotatable bonds is 2. The van der Waals surface area contributed by atoms with Crippen LogP contribution >= 0.6 is 0 Å². The van der Waals surface area contributed by atoms with Gasteiger partial charge in [0.1, 0.15) is 0 Å². The topological polar surface area (TPSA) is 46.5 Å². The normalized spacial score (nSPS) is 19.0. The minimum Gasteiger partial charge on any atom is -0.494 e. The van der Waals surface area contributed by atoms with E-state index in [-0.39, 0.29) is 11.7 Å². The first-order valence-corrected chi connectivity index (χ1v) is 5.20. The lowest BCUT2D eigenvalue weighted by molar-refractivity contribution is -0.142. The van der Waals surface area contributed by atoms with Crippen molar-refractivity contribution in [1.29, 1.82) is 0 Å². The summed E-state index contributed by atoms with van der Waals surface area (Å²) in [6, 6.07) is 3.06. The molecule has 1 aromatic rings. The van der Waals surface area contributed by atoms with E-state index < -0.39 is 11.8 Å². The minimum absolute atomic E-state index is 0.229. The molecule has 0 heterocycles. The van der Waals surface area contributed by atoms with Gasteiger partial charge in [-0.2, -0.15) is 0 Å². The quantitative estimate of drug-likeness (QED) is 0.836. The van der Waals surface area contributed by atoms with Crippen LogP contribution in [0.2, 0.25) is 0 Å². The summed E-state index contributed by atoms with van der Waals surface area (Å²) in [6.07, 6.45) is 1.69. The van der Waals surface area contributed by atoms with Gasteiger partial charge < -0.3 is 9.84 Å². The maximum absolute atomic E-state index is 13.4. The first-order valence-electron chi connectivity index (χ1n) is 5.20. The van der Waals surface area contributed by atoms with Gasteiger partial charge in [0.15, 0.2) is 11.6 Å². The third-order valence-corrected chi connectivity index (χ3v) is 3.05. The number of ether oxygens (including phenoxy) is 1. The average molecular weight is 224 g/mol. The van der Waals surface area contributed by atoms with E-state index in [2.05, 4.69) is 0 Å². The number of aryl methyl sites for hydroxylation is 1. The number of hydrogen-bond donors (Lipinski definition) is 1. The smallest absolute Gasteiger partial charge is 0.306 e. The maximum atomic E-state index is 13.4. The number of carbonyl (C=O) groups is 1. The van der Waals surface area contributed by atoms with Crippen LogP contribution in [-0.4, -0.2) is 18.2 Å². The number of halogens is 1. The molecule has 0 fully saturated rings. The van der Waals surface area contributed by atoms with Crippen molar-refractivity contribution in [3.8, 4) is 5.75 Å². The first kappa shape index (κ1) is 10.9. The van der Waals surface area contributed by atoms with E-state index in [0.29, 0.717) is 19.3 Å². The third kappa shape index (κ3) is 1.87. The van der Waals surface area contributed by atoms with Crippen molar-refractivity contribution in [3.63, 3.8) is 0 Å². The Labute approximate surface area is 92.9 Å². The van der Waals surface area contributed by atoms with Crippen LogP contribution in [0.1, 0.15) is 17.5 Å². The molecule has 1 atom stereocenters. The van der Waals surface area contributed by atoms with Crippen molar-refractivity contribution in [2.24, 2.45) is 5.92 Å². The van der Waals surface area contributed by atoms with E-state index >= 15 is 0 Å². The fourth-order valence-electron chi connectivity index (χ4n) is 2.12. The summed E-state index contributed by atoms with van der Waals surface area (Å²) in [5.74, 6) is -1.39. The van der Waals surface area contributed by atoms with E-state index in [1.54, 1.807) is 6.07 Å². The van der Waals surface area contributed by atoms with Crippen molar-refractivity contribution < 1.29 is 19.0 Å². The van der Waals surface area contributed by atoms with Gasteiger partial charge in [-0.3, -0.25) is 4.79 Å². The summed E-state index contributed by atoms with van der Waals surface area (Å²) in [5.41, 5.74) is 1.78. The molecule has 1 N–H and O–H groups in total. The summed E-state index contributed by atoms with van der Waals surface area (Å²) >= 11 is 0. The van der Waals surface area contributed by atoms with Crippen LogP contribution < -0.4 is 4.74 Å². The number of methoxy groups -OCH3 is 1. The highest BCUT2D eigenvalue weighted by Gasteiger charge is 2.25. The summed E-state index contributed by atoms with van der Waals surface area (Å²) in [5, 5.41) is 8.92. The molecular formula is C12H13FO3. The number of carboxylic acids is 1. The highest BCUT2D eigenvalue weighted by molar-refractivity contribution is 5.71. The molecule has 0 bridgehead atoms. The van der Waals surface area contributed by atoms with Crippen LogP contribution in [0.5, 0.6) is 5.75 Å². The fraction of sp³-hybridized carbons (Fsp3) is 0.417. The molecule has 0 amide bonds. The van der Waals surface area contributed by atoms with Crippen LogP contribution in [0, 0.1) is 11.7 Å². The maximum Gasteiger partial charge on any atom is 0.306 e. The van der Waals surface area contributed by atoms with Crippen molar-refractivity contribution in [3.05, 3.63) is 29.1 Å². The second kappa shape index (κ2) is 4.12. The lowest BCUT2D eigenvalue weighted by atomic mass is 9.84. The van der Waals surface area contributed by atoms with Crippen LogP contribution in [0.4, 0.5) is 4.39 Å². The summed E-state index contributed by atoms with van der Waals surface area (Å²) in [4.78, 5) is 10.9. The molecule has 0 saturated carbocycles. The van der Waals surface area contributed by atoms with Crippen LogP contribution in [-0.2, 0) is 17.6 Å². The molecule has 0 aromatic heterocycles. The van der Waals surface area contributed by atoms with Gasteiger partial charge in [0.25, 0.3) is 0 Å². The number of carboxylic acid groups (broad SMARTS) is 1. The zero-order valence-electron chi connectivity index (χ0n) is 9.00. The predicted octanol–water partition coefficient (Wildman–Crippen LogP) is 2.02. The molecular weight excluding hydrogens is 211 g/mol. The molecule has 0 aliphatic heterocycles. The summed E-state index contributed by atoms with van der Waals surface area (Å²) < 4.78 is 18.3. The Morgan fingerprint density at radius 1 is 1.50 bits per heavy atom. The summed E-state index contributed by atoms with van der Waals surface area (Å²) in [6.45, 7) is 0. The van der Waals surface area contributed by atoms with Crippen molar-refractivity contribution in [1.82, 2.24) is 0 Å². The lowest BCUT2D eigenvalue weighted by Gasteiger charge is -2.22. The molecule has 4 heteroatoms. The Kier molecular flexibility index (Phi) is 2.81. The van der Waals surface area contributed by atoms with Gasteiger partial charge in [0.2, 0.25) is 0 Å². The van der Waals surface area contributed by atoms with E-state index in [4.69, 9.17) is 9.84 Å². The monoisotopic (exact) mass is 224 g/mol. The molecule has 2 rings (SSSR count). The standard InChI is InChI=1S/C12H13FO3/c1-16-11-6-7-2-3-8(12(14)15)4-9(7)5-10(11)13/h5-6,8H,2-4H2,1H3,(H,14,15)/t8-/m0/s1. The molecule has 16 heavy (non-hydrogen) atoms. The van der Waals surface area contributed by atoms with Gasteiger partial charge in [-0.1, -0.05) is 0 Å². The first-order chi connectivity index (χ1) is 7.61. The number of fused-ring (bicyclic) bond motifs is 1. The fourth-order valence-corrected chi connectivity index (χ4v) is 2.12. The highest BCUT2D eigenvalue weighted by atomic mass is 19.1. The zero-order valence-corrected chi connectivity index (χ0v) is 9.00. The molecule has 86 valence electrons. The van der Waals surface area contributed by atoms with E-state index in [1.165, 1.54) is 13.2 Å². The van der Waals surface area contributed by atoms with E-state index in [0.717, 1.165) is 11.1 Å². The van der Waals surface area contributed by atoms with Gasteiger partial charge in [0.05, 0.1) is 13.0 Å². The third-order valence-electron chi connectivity index (χ3n) is 3.05. The lowest BCUT2D eigenvalue weighted by Crippen LogP contribution is -2.22. The highest BCUT2D eigenvalue weighted by Crippen LogP contribution is 2.30. The van der Waals surface area contributed by atoms with Crippen LogP contribution in [0.3, 0.4) is 0 Å². The molecule has 1 aliphatic rings. The predicted molar refractivity (Wildman–Crippen MR) is 56.1 cm³/mol. The molecule has 3 nitrogen and oxygen atoms in total. The van der Waals surface area contributed by atoms with Gasteiger partial charge >= 0.3 is 5.97 Å². The Bertz CT molecular complexity index is 429. The van der Waals surface area contributed by atoms with Crippen LogP contribution in [0.25, 0.3) is 0 Å². The second-order valence-electron chi connectivity index (χ2n) is 4.03. The van der Waals surface area contributed by atoms with Crippen molar-refractivity contribution in [2.45, 2.75) is 19.3 Å². The number of hydrogen-bond acceptors (Lipinski definition) is 2. The minimum atomic E-state index is -0.804. The summed E-state index contributed by atoms with van der Waals surface area (Å²) in [7, 11) is 1.42. The van der Waals surface area contributed by atoms with Crippen molar-refractivity contribution in [2.75, 3.05) is 7.11 Å². The largest absolute Gasteiger partial charge is 0.494 e. The molecule has 0 unspecified atom stereocenters. The Morgan fingerprint density at radius 3 is 2.88 bits per heavy atom. The van der Waals surface area contributed by atoms with Crippen LogP contribution in [0.15, 0.2) is 12.1 Å². The molecule has 0 radical (unpaired) electrons. The molecule has 1 aliphatic carbocycles. The molecule has 0 spiro atoms. The van der Waals surface area contributed by atoms with Crippen molar-refractivity contribution >= 4 is 5.97 Å².